The Morgan fingerprint density at radius 3 is 2.54 bits per heavy atom. The van der Waals surface area contributed by atoms with Crippen LogP contribution in [0.15, 0.2) is 42.5 Å². The molecule has 1 heterocycles. The maximum atomic E-state index is 13.3. The van der Waals surface area contributed by atoms with E-state index in [2.05, 4.69) is 10.2 Å². The van der Waals surface area contributed by atoms with Gasteiger partial charge in [0.05, 0.1) is 24.2 Å². The molecule has 3 rings (SSSR count). The highest BCUT2D eigenvalue weighted by Gasteiger charge is 2.24. The number of hydrogen-bond donors (Lipinski definition) is 1. The normalized spacial score (nSPS) is 15.8. The lowest BCUT2D eigenvalue weighted by atomic mass is 10.0. The molecule has 0 bridgehead atoms. The standard InChI is InChI=1S/C20H22FN3O4/c1-14-12-16(4-7-18(14)24(26)27)20(25)22-13-19(23-8-10-28-11-9-23)15-2-5-17(21)6-3-15/h2-7,12,19H,8-11,13H2,1H3,(H,22,25). The molecule has 1 saturated heterocycles. The summed E-state index contributed by atoms with van der Waals surface area (Å²) in [7, 11) is 0. The van der Waals surface area contributed by atoms with Gasteiger partial charge in [-0.15, -0.1) is 0 Å². The Labute approximate surface area is 162 Å². The van der Waals surface area contributed by atoms with Gasteiger partial charge in [-0.25, -0.2) is 4.39 Å². The maximum Gasteiger partial charge on any atom is 0.272 e. The van der Waals surface area contributed by atoms with Gasteiger partial charge in [0.2, 0.25) is 0 Å². The number of aryl methyl sites for hydroxylation is 1. The van der Waals surface area contributed by atoms with Crippen molar-refractivity contribution in [3.63, 3.8) is 0 Å². The largest absolute Gasteiger partial charge is 0.379 e. The minimum absolute atomic E-state index is 0.0194. The summed E-state index contributed by atoms with van der Waals surface area (Å²) in [6.45, 7) is 4.58. The van der Waals surface area contributed by atoms with Gasteiger partial charge in [-0.2, -0.15) is 0 Å². The number of rotatable bonds is 6. The van der Waals surface area contributed by atoms with Crippen molar-refractivity contribution in [3.8, 4) is 0 Å². The van der Waals surface area contributed by atoms with Crippen LogP contribution in [0.25, 0.3) is 0 Å². The summed E-state index contributed by atoms with van der Waals surface area (Å²) in [5, 5.41) is 13.8. The van der Waals surface area contributed by atoms with Crippen molar-refractivity contribution in [1.29, 1.82) is 0 Å². The van der Waals surface area contributed by atoms with E-state index < -0.39 is 4.92 Å². The van der Waals surface area contributed by atoms with Crippen LogP contribution in [0.2, 0.25) is 0 Å². The molecule has 0 spiro atoms. The summed E-state index contributed by atoms with van der Waals surface area (Å²) in [6, 6.07) is 10.4. The van der Waals surface area contributed by atoms with E-state index in [0.29, 0.717) is 44.0 Å². The summed E-state index contributed by atoms with van der Waals surface area (Å²) in [5.74, 6) is -0.617. The number of halogens is 1. The van der Waals surface area contributed by atoms with Crippen molar-refractivity contribution in [3.05, 3.63) is 75.1 Å². The van der Waals surface area contributed by atoms with Crippen LogP contribution >= 0.6 is 0 Å². The van der Waals surface area contributed by atoms with Gasteiger partial charge in [-0.05, 0) is 36.8 Å². The van der Waals surface area contributed by atoms with Gasteiger partial charge in [-0.1, -0.05) is 12.1 Å². The maximum absolute atomic E-state index is 13.3. The fourth-order valence-corrected chi connectivity index (χ4v) is 3.32. The molecular formula is C20H22FN3O4. The lowest BCUT2D eigenvalue weighted by Gasteiger charge is -2.35. The van der Waals surface area contributed by atoms with Crippen LogP contribution in [-0.2, 0) is 4.74 Å². The van der Waals surface area contributed by atoms with Gasteiger partial charge in [-0.3, -0.25) is 19.8 Å². The molecule has 0 aromatic heterocycles. The first-order valence-corrected chi connectivity index (χ1v) is 9.06. The molecule has 1 fully saturated rings. The first kappa shape index (κ1) is 19.9. The van der Waals surface area contributed by atoms with Gasteiger partial charge >= 0.3 is 0 Å². The Bertz CT molecular complexity index is 851. The highest BCUT2D eigenvalue weighted by Crippen LogP contribution is 2.22. The van der Waals surface area contributed by atoms with Crippen molar-refractivity contribution in [2.75, 3.05) is 32.8 Å². The van der Waals surface area contributed by atoms with Crippen LogP contribution in [0.3, 0.4) is 0 Å². The summed E-state index contributed by atoms with van der Waals surface area (Å²) in [4.78, 5) is 25.2. The smallest absolute Gasteiger partial charge is 0.272 e. The molecule has 28 heavy (non-hydrogen) atoms. The Morgan fingerprint density at radius 1 is 1.25 bits per heavy atom. The third kappa shape index (κ3) is 4.71. The number of benzene rings is 2. The van der Waals surface area contributed by atoms with Crippen LogP contribution in [0.5, 0.6) is 0 Å². The van der Waals surface area contributed by atoms with E-state index in [-0.39, 0.29) is 23.5 Å². The number of carbonyl (C=O) groups excluding carboxylic acids is 1. The number of hydrogen-bond acceptors (Lipinski definition) is 5. The molecular weight excluding hydrogens is 365 g/mol. The van der Waals surface area contributed by atoms with E-state index in [1.54, 1.807) is 19.1 Å². The van der Waals surface area contributed by atoms with Crippen LogP contribution in [0, 0.1) is 22.9 Å². The van der Waals surface area contributed by atoms with E-state index in [4.69, 9.17) is 4.74 Å². The highest BCUT2D eigenvalue weighted by molar-refractivity contribution is 5.94. The number of nitro groups is 1. The van der Waals surface area contributed by atoms with Crippen molar-refractivity contribution in [2.24, 2.45) is 0 Å². The fourth-order valence-electron chi connectivity index (χ4n) is 3.32. The monoisotopic (exact) mass is 387 g/mol. The first-order valence-electron chi connectivity index (χ1n) is 9.06. The van der Waals surface area contributed by atoms with Crippen LogP contribution in [0.1, 0.15) is 27.5 Å². The second-order valence-electron chi connectivity index (χ2n) is 6.68. The summed E-state index contributed by atoms with van der Waals surface area (Å²) in [6.07, 6.45) is 0. The molecule has 0 saturated carbocycles. The number of nitrogens with one attached hydrogen (secondary N) is 1. The minimum Gasteiger partial charge on any atom is -0.379 e. The second-order valence-corrected chi connectivity index (χ2v) is 6.68. The van der Waals surface area contributed by atoms with E-state index >= 15 is 0 Å². The lowest BCUT2D eigenvalue weighted by Crippen LogP contribution is -2.43. The predicted octanol–water partition coefficient (Wildman–Crippen LogP) is 2.85. The molecule has 1 N–H and O–H groups in total. The third-order valence-corrected chi connectivity index (χ3v) is 4.85. The third-order valence-electron chi connectivity index (χ3n) is 4.85. The van der Waals surface area contributed by atoms with Crippen molar-refractivity contribution < 1.29 is 18.8 Å². The number of amides is 1. The average Bonchev–Trinajstić information content (AvgIpc) is 2.69. The quantitative estimate of drug-likeness (QED) is 0.609. The Hall–Kier alpha value is -2.84. The molecule has 7 nitrogen and oxygen atoms in total. The zero-order valence-electron chi connectivity index (χ0n) is 15.6. The molecule has 0 radical (unpaired) electrons. The van der Waals surface area contributed by atoms with E-state index in [1.807, 2.05) is 0 Å². The zero-order valence-corrected chi connectivity index (χ0v) is 15.6. The molecule has 8 heteroatoms. The van der Waals surface area contributed by atoms with E-state index in [1.165, 1.54) is 30.3 Å². The first-order chi connectivity index (χ1) is 13.5. The van der Waals surface area contributed by atoms with Gasteiger partial charge in [0, 0.05) is 36.8 Å². The van der Waals surface area contributed by atoms with Crippen molar-refractivity contribution in [1.82, 2.24) is 10.2 Å². The van der Waals surface area contributed by atoms with Crippen LogP contribution < -0.4 is 5.32 Å². The van der Waals surface area contributed by atoms with Gasteiger partial charge < -0.3 is 10.1 Å². The van der Waals surface area contributed by atoms with Crippen LogP contribution in [-0.4, -0.2) is 48.6 Å². The highest BCUT2D eigenvalue weighted by atomic mass is 19.1. The summed E-state index contributed by atoms with van der Waals surface area (Å²) < 4.78 is 18.7. The van der Waals surface area contributed by atoms with Gasteiger partial charge in [0.1, 0.15) is 5.82 Å². The van der Waals surface area contributed by atoms with Gasteiger partial charge in [0.25, 0.3) is 11.6 Å². The molecule has 1 aliphatic rings. The summed E-state index contributed by atoms with van der Waals surface area (Å²) >= 11 is 0. The molecule has 0 aliphatic carbocycles. The topological polar surface area (TPSA) is 84.7 Å². The number of ether oxygens (including phenoxy) is 1. The SMILES string of the molecule is Cc1cc(C(=O)NCC(c2ccc(F)cc2)N2CCOCC2)ccc1[N+](=O)[O-]. The Morgan fingerprint density at radius 2 is 1.93 bits per heavy atom. The van der Waals surface area contributed by atoms with E-state index in [0.717, 1.165) is 5.56 Å². The summed E-state index contributed by atoms with van der Waals surface area (Å²) in [5.41, 5.74) is 1.68. The molecule has 1 amide bonds. The number of nitrogens with zero attached hydrogens (tertiary/aromatic N) is 2. The molecule has 2 aromatic rings. The Kier molecular flexibility index (Phi) is 6.33. The second kappa shape index (κ2) is 8.90. The van der Waals surface area contributed by atoms with Gasteiger partial charge in [0.15, 0.2) is 0 Å². The predicted molar refractivity (Wildman–Crippen MR) is 102 cm³/mol. The average molecular weight is 387 g/mol. The molecule has 1 aliphatic heterocycles. The lowest BCUT2D eigenvalue weighted by molar-refractivity contribution is -0.385. The number of carbonyl (C=O) groups is 1. The fraction of sp³-hybridized carbons (Fsp3) is 0.350. The van der Waals surface area contributed by atoms with Crippen LogP contribution in [0.4, 0.5) is 10.1 Å². The molecule has 148 valence electrons. The number of morpholine rings is 1. The Balaban J connectivity index is 1.73. The van der Waals surface area contributed by atoms with Crippen molar-refractivity contribution >= 4 is 11.6 Å². The van der Waals surface area contributed by atoms with E-state index in [9.17, 15) is 19.3 Å². The molecule has 1 atom stereocenters. The van der Waals surface area contributed by atoms with Crippen molar-refractivity contribution in [2.45, 2.75) is 13.0 Å². The minimum atomic E-state index is -0.472. The number of nitro benzene ring substituents is 1. The zero-order chi connectivity index (χ0) is 20.1. The molecule has 2 aromatic carbocycles. The molecule has 1 unspecified atom stereocenters.